The molecule has 124 valence electrons. The summed E-state index contributed by atoms with van der Waals surface area (Å²) in [5.74, 6) is 0. The van der Waals surface area contributed by atoms with Crippen LogP contribution in [-0.2, 0) is 4.74 Å². The lowest BCUT2D eigenvalue weighted by molar-refractivity contribution is -0.383. The number of aromatic nitrogens is 2. The number of benzene rings is 1. The van der Waals surface area contributed by atoms with Gasteiger partial charge in [0.2, 0.25) is 5.52 Å². The summed E-state index contributed by atoms with van der Waals surface area (Å²) in [6.45, 7) is -0.976. The molecule has 0 radical (unpaired) electrons. The predicted molar refractivity (Wildman–Crippen MR) is 73.6 cm³/mol. The molecule has 1 aromatic heterocycles. The molecule has 2 aromatic rings. The third kappa shape index (κ3) is 2.69. The third-order valence-corrected chi connectivity index (χ3v) is 3.72. The van der Waals surface area contributed by atoms with Gasteiger partial charge in [-0.3, -0.25) is 10.1 Å². The maximum Gasteiger partial charge on any atom is 0.300 e. The second-order valence-electron chi connectivity index (χ2n) is 5.11. The fraction of sp³-hybridized carbons (Fsp3) is 0.500. The van der Waals surface area contributed by atoms with Crippen molar-refractivity contribution in [2.45, 2.75) is 24.4 Å². The van der Waals surface area contributed by atoms with E-state index < -0.39 is 36.0 Å². The summed E-state index contributed by atoms with van der Waals surface area (Å²) in [6.07, 6.45) is -3.77. The van der Waals surface area contributed by atoms with Gasteiger partial charge in [-0.2, -0.15) is 0 Å². The highest BCUT2D eigenvalue weighted by Crippen LogP contribution is 2.30. The predicted octanol–water partition coefficient (Wildman–Crippen LogP) is 0.00160. The number of nitrogens with zero attached hydrogens (tertiary/aromatic N) is 3. The van der Waals surface area contributed by atoms with E-state index in [9.17, 15) is 24.7 Å². The van der Waals surface area contributed by atoms with E-state index in [1.54, 1.807) is 0 Å². The van der Waals surface area contributed by atoms with Crippen molar-refractivity contribution in [3.8, 4) is 0 Å². The molecule has 1 saturated heterocycles. The fourth-order valence-corrected chi connectivity index (χ4v) is 2.46. The number of anilines is 1. The summed E-state index contributed by atoms with van der Waals surface area (Å²) in [4.78, 5) is 10.3. The van der Waals surface area contributed by atoms with Gasteiger partial charge in [0.05, 0.1) is 23.3 Å². The fourth-order valence-electron chi connectivity index (χ4n) is 2.46. The first kappa shape index (κ1) is 15.5. The van der Waals surface area contributed by atoms with E-state index >= 15 is 0 Å². The van der Waals surface area contributed by atoms with Crippen LogP contribution >= 0.6 is 0 Å². The number of hydrogen-bond acceptors (Lipinski definition) is 9. The molecule has 2 heterocycles. The van der Waals surface area contributed by atoms with Crippen molar-refractivity contribution >= 4 is 22.4 Å². The van der Waals surface area contributed by atoms with E-state index in [4.69, 9.17) is 4.74 Å². The molecule has 1 aromatic carbocycles. The van der Waals surface area contributed by atoms with Crippen LogP contribution in [0.15, 0.2) is 16.8 Å². The van der Waals surface area contributed by atoms with Gasteiger partial charge in [-0.15, -0.1) is 0 Å². The van der Waals surface area contributed by atoms with Crippen LogP contribution in [0, 0.1) is 10.1 Å². The van der Waals surface area contributed by atoms with Crippen molar-refractivity contribution in [3.05, 3.63) is 22.2 Å². The molecule has 0 aliphatic carbocycles. The first-order chi connectivity index (χ1) is 11.0. The summed E-state index contributed by atoms with van der Waals surface area (Å²) in [6, 6.07) is 1.84. The summed E-state index contributed by atoms with van der Waals surface area (Å²) < 4.78 is 22.3. The summed E-state index contributed by atoms with van der Waals surface area (Å²) in [7, 11) is 0. The molecule has 10 nitrogen and oxygen atoms in total. The zero-order chi connectivity index (χ0) is 16.6. The molecule has 0 amide bonds. The average molecular weight is 328 g/mol. The Bertz CT molecular complexity index is 725. The standard InChI is InChI=1S/C12H13FN4O6/c13-3-8-12(19)11(18)6(4-22-8)14-5-1-2-7(17(20)21)10-9(5)15-23-16-10/h1-2,6,8,11-12,14,18-19H,3-4H2. The van der Waals surface area contributed by atoms with Gasteiger partial charge in [-0.05, 0) is 16.4 Å². The molecule has 0 saturated carbocycles. The Hall–Kier alpha value is -2.37. The number of alkyl halides is 1. The van der Waals surface area contributed by atoms with Crippen molar-refractivity contribution in [2.75, 3.05) is 18.6 Å². The van der Waals surface area contributed by atoms with Gasteiger partial charge < -0.3 is 20.3 Å². The Balaban J connectivity index is 1.86. The van der Waals surface area contributed by atoms with Gasteiger partial charge in [0.1, 0.15) is 25.0 Å². The first-order valence-corrected chi connectivity index (χ1v) is 6.73. The molecule has 4 unspecified atom stereocenters. The van der Waals surface area contributed by atoms with E-state index in [-0.39, 0.29) is 23.3 Å². The summed E-state index contributed by atoms with van der Waals surface area (Å²) >= 11 is 0. The van der Waals surface area contributed by atoms with Crippen LogP contribution in [0.5, 0.6) is 0 Å². The van der Waals surface area contributed by atoms with Crippen LogP contribution in [0.1, 0.15) is 0 Å². The number of fused-ring (bicyclic) bond motifs is 1. The number of nitrogens with one attached hydrogen (secondary N) is 1. The Morgan fingerprint density at radius 3 is 2.78 bits per heavy atom. The molecule has 3 N–H and O–H groups in total. The molecular weight excluding hydrogens is 315 g/mol. The number of nitro groups is 1. The average Bonchev–Trinajstić information content (AvgIpc) is 3.01. The molecular formula is C12H13FN4O6. The normalized spacial score (nSPS) is 28.0. The molecule has 1 fully saturated rings. The highest BCUT2D eigenvalue weighted by Gasteiger charge is 2.38. The van der Waals surface area contributed by atoms with Crippen LogP contribution in [0.3, 0.4) is 0 Å². The number of aliphatic hydroxyl groups excluding tert-OH is 2. The Kier molecular flexibility index (Phi) is 4.07. The van der Waals surface area contributed by atoms with E-state index in [1.165, 1.54) is 12.1 Å². The number of halogens is 1. The number of ether oxygens (including phenoxy) is 1. The molecule has 11 heteroatoms. The smallest absolute Gasteiger partial charge is 0.300 e. The van der Waals surface area contributed by atoms with Gasteiger partial charge in [-0.25, -0.2) is 9.02 Å². The number of hydrogen-bond donors (Lipinski definition) is 3. The van der Waals surface area contributed by atoms with Crippen LogP contribution in [-0.4, -0.2) is 63.1 Å². The lowest BCUT2D eigenvalue weighted by Gasteiger charge is -2.37. The molecule has 23 heavy (non-hydrogen) atoms. The molecule has 0 bridgehead atoms. The summed E-state index contributed by atoms with van der Waals surface area (Å²) in [5, 5.41) is 40.7. The summed E-state index contributed by atoms with van der Waals surface area (Å²) in [5.41, 5.74) is 0.0945. The minimum atomic E-state index is -1.39. The van der Waals surface area contributed by atoms with Crippen LogP contribution in [0.25, 0.3) is 11.0 Å². The van der Waals surface area contributed by atoms with Crippen molar-refractivity contribution in [1.29, 1.82) is 0 Å². The first-order valence-electron chi connectivity index (χ1n) is 6.73. The lowest BCUT2D eigenvalue weighted by Crippen LogP contribution is -2.56. The molecule has 1 aliphatic rings. The zero-order valence-electron chi connectivity index (χ0n) is 11.6. The Morgan fingerprint density at radius 1 is 1.35 bits per heavy atom. The minimum absolute atomic E-state index is 0.0478. The monoisotopic (exact) mass is 328 g/mol. The minimum Gasteiger partial charge on any atom is -0.388 e. The lowest BCUT2D eigenvalue weighted by atomic mass is 9.98. The number of nitro benzene ring substituents is 1. The SMILES string of the molecule is O=[N+]([O-])c1ccc(NC2COC(CF)C(O)C2O)c2nonc12. The van der Waals surface area contributed by atoms with Crippen LogP contribution < -0.4 is 5.32 Å². The topological polar surface area (TPSA) is 144 Å². The van der Waals surface area contributed by atoms with E-state index in [1.807, 2.05) is 0 Å². The van der Waals surface area contributed by atoms with Crippen molar-refractivity contribution < 1.29 is 28.9 Å². The second-order valence-corrected chi connectivity index (χ2v) is 5.11. The van der Waals surface area contributed by atoms with Gasteiger partial charge >= 0.3 is 5.69 Å². The largest absolute Gasteiger partial charge is 0.388 e. The number of rotatable bonds is 4. The van der Waals surface area contributed by atoms with E-state index in [0.717, 1.165) is 0 Å². The van der Waals surface area contributed by atoms with Crippen molar-refractivity contribution in [2.24, 2.45) is 0 Å². The molecule has 0 spiro atoms. The molecule has 1 aliphatic heterocycles. The van der Waals surface area contributed by atoms with Gasteiger partial charge in [0.15, 0.2) is 5.52 Å². The molecule has 3 rings (SSSR count). The second kappa shape index (κ2) is 6.02. The zero-order valence-corrected chi connectivity index (χ0v) is 11.6. The quantitative estimate of drug-likeness (QED) is 0.521. The third-order valence-electron chi connectivity index (χ3n) is 3.72. The van der Waals surface area contributed by atoms with E-state index in [0.29, 0.717) is 5.69 Å². The van der Waals surface area contributed by atoms with E-state index in [2.05, 4.69) is 20.3 Å². The van der Waals surface area contributed by atoms with Crippen molar-refractivity contribution in [1.82, 2.24) is 10.3 Å². The van der Waals surface area contributed by atoms with Gasteiger partial charge in [0, 0.05) is 6.07 Å². The highest BCUT2D eigenvalue weighted by atomic mass is 19.1. The Labute approximate surface area is 128 Å². The van der Waals surface area contributed by atoms with Crippen LogP contribution in [0.2, 0.25) is 0 Å². The van der Waals surface area contributed by atoms with Gasteiger partial charge in [0.25, 0.3) is 0 Å². The molecule has 4 atom stereocenters. The van der Waals surface area contributed by atoms with Crippen LogP contribution in [0.4, 0.5) is 15.8 Å². The maximum atomic E-state index is 12.6. The Morgan fingerprint density at radius 2 is 2.09 bits per heavy atom. The number of aliphatic hydroxyl groups is 2. The number of non-ortho nitro benzene ring substituents is 1. The highest BCUT2D eigenvalue weighted by molar-refractivity contribution is 5.93. The van der Waals surface area contributed by atoms with Crippen molar-refractivity contribution in [3.63, 3.8) is 0 Å². The van der Waals surface area contributed by atoms with Gasteiger partial charge in [-0.1, -0.05) is 0 Å². The maximum absolute atomic E-state index is 12.6.